The Kier molecular flexibility index (Phi) is 5.05. The predicted octanol–water partition coefficient (Wildman–Crippen LogP) is 3.44. The Hall–Kier alpha value is -2.86. The number of H-pyrrole nitrogens is 1. The number of likely N-dealkylation sites (tertiary alicyclic amines) is 1. The Morgan fingerprint density at radius 1 is 1.11 bits per heavy atom. The largest absolute Gasteiger partial charge is 0.417 e. The molecule has 7 heteroatoms. The predicted molar refractivity (Wildman–Crippen MR) is 106 cm³/mol. The first-order chi connectivity index (χ1) is 13.5. The third-order valence-corrected chi connectivity index (χ3v) is 5.44. The van der Waals surface area contributed by atoms with Crippen molar-refractivity contribution in [3.8, 4) is 0 Å². The first-order valence-corrected chi connectivity index (χ1v) is 9.57. The van der Waals surface area contributed by atoms with Gasteiger partial charge in [-0.3, -0.25) is 14.6 Å². The van der Waals surface area contributed by atoms with Gasteiger partial charge in [-0.15, -0.1) is 0 Å². The van der Waals surface area contributed by atoms with Crippen LogP contribution in [0.2, 0.25) is 5.02 Å². The maximum atomic E-state index is 12.8. The van der Waals surface area contributed by atoms with E-state index in [0.29, 0.717) is 54.0 Å². The SMILES string of the molecule is O=C(c1ccc2[nH]c(=O)oc2c1)C1CCN(C(=O)Cc2ccc(Cl)cc2)CC1. The number of carbonyl (C=O) groups excluding carboxylic acids is 2. The van der Waals surface area contributed by atoms with Crippen LogP contribution in [0.25, 0.3) is 11.1 Å². The molecule has 2 heterocycles. The summed E-state index contributed by atoms with van der Waals surface area (Å²) >= 11 is 5.88. The van der Waals surface area contributed by atoms with Gasteiger partial charge in [0.1, 0.15) is 0 Å². The molecular formula is C21H19ClN2O4. The zero-order valence-corrected chi connectivity index (χ0v) is 15.9. The van der Waals surface area contributed by atoms with Crippen LogP contribution in [-0.2, 0) is 11.2 Å². The summed E-state index contributed by atoms with van der Waals surface area (Å²) < 4.78 is 5.03. The van der Waals surface area contributed by atoms with Gasteiger partial charge in [-0.05, 0) is 48.7 Å². The van der Waals surface area contributed by atoms with Crippen molar-refractivity contribution in [2.75, 3.05) is 13.1 Å². The van der Waals surface area contributed by atoms with Crippen molar-refractivity contribution in [2.45, 2.75) is 19.3 Å². The third kappa shape index (κ3) is 3.87. The molecule has 0 unspecified atom stereocenters. The molecule has 2 aromatic carbocycles. The highest BCUT2D eigenvalue weighted by Gasteiger charge is 2.28. The molecule has 3 aromatic rings. The van der Waals surface area contributed by atoms with E-state index in [1.54, 1.807) is 30.3 Å². The van der Waals surface area contributed by atoms with Crippen LogP contribution in [0.3, 0.4) is 0 Å². The number of nitrogens with one attached hydrogen (secondary N) is 1. The summed E-state index contributed by atoms with van der Waals surface area (Å²) in [5, 5.41) is 0.646. The molecule has 4 rings (SSSR count). The summed E-state index contributed by atoms with van der Waals surface area (Å²) in [5.74, 6) is -0.589. The molecule has 1 fully saturated rings. The van der Waals surface area contributed by atoms with E-state index in [1.165, 1.54) is 0 Å². The number of halogens is 1. The number of benzene rings is 2. The molecule has 6 nitrogen and oxygen atoms in total. The van der Waals surface area contributed by atoms with Crippen molar-refractivity contribution in [1.29, 1.82) is 0 Å². The number of piperidine rings is 1. The molecule has 0 spiro atoms. The lowest BCUT2D eigenvalue weighted by Crippen LogP contribution is -2.41. The Labute approximate surface area is 166 Å². The Bertz CT molecular complexity index is 1080. The van der Waals surface area contributed by atoms with Gasteiger partial charge in [0.2, 0.25) is 5.91 Å². The molecule has 0 aliphatic carbocycles. The number of hydrogen-bond acceptors (Lipinski definition) is 4. The van der Waals surface area contributed by atoms with E-state index < -0.39 is 5.76 Å². The quantitative estimate of drug-likeness (QED) is 0.682. The van der Waals surface area contributed by atoms with E-state index in [1.807, 2.05) is 17.0 Å². The average molecular weight is 399 g/mol. The molecule has 1 N–H and O–H groups in total. The van der Waals surface area contributed by atoms with Crippen LogP contribution in [0.5, 0.6) is 0 Å². The first kappa shape index (κ1) is 18.5. The number of ketones is 1. The number of fused-ring (bicyclic) bond motifs is 1. The number of amides is 1. The third-order valence-electron chi connectivity index (χ3n) is 5.19. The van der Waals surface area contributed by atoms with Crippen molar-refractivity contribution < 1.29 is 14.0 Å². The van der Waals surface area contributed by atoms with Gasteiger partial charge < -0.3 is 9.32 Å². The summed E-state index contributed by atoms with van der Waals surface area (Å²) in [7, 11) is 0. The van der Waals surface area contributed by atoms with Gasteiger partial charge in [-0.1, -0.05) is 23.7 Å². The lowest BCUT2D eigenvalue weighted by molar-refractivity contribution is -0.131. The summed E-state index contributed by atoms with van der Waals surface area (Å²) in [6.45, 7) is 1.12. The highest BCUT2D eigenvalue weighted by molar-refractivity contribution is 6.30. The van der Waals surface area contributed by atoms with E-state index in [2.05, 4.69) is 4.98 Å². The molecule has 1 aromatic heterocycles. The van der Waals surface area contributed by atoms with Crippen LogP contribution < -0.4 is 5.76 Å². The van der Waals surface area contributed by atoms with Gasteiger partial charge in [0.05, 0.1) is 11.9 Å². The van der Waals surface area contributed by atoms with Crippen LogP contribution in [0.15, 0.2) is 51.7 Å². The molecule has 0 bridgehead atoms. The lowest BCUT2D eigenvalue weighted by Gasteiger charge is -2.31. The monoisotopic (exact) mass is 398 g/mol. The van der Waals surface area contributed by atoms with Gasteiger partial charge in [0, 0.05) is 29.6 Å². The van der Waals surface area contributed by atoms with Crippen molar-refractivity contribution in [3.63, 3.8) is 0 Å². The summed E-state index contributed by atoms with van der Waals surface area (Å²) in [5.41, 5.74) is 2.41. The molecule has 0 atom stereocenters. The molecule has 1 aliphatic rings. The van der Waals surface area contributed by atoms with Crippen LogP contribution >= 0.6 is 11.6 Å². The molecule has 1 saturated heterocycles. The van der Waals surface area contributed by atoms with Crippen LogP contribution in [-0.4, -0.2) is 34.7 Å². The Morgan fingerprint density at radius 2 is 1.82 bits per heavy atom. The van der Waals surface area contributed by atoms with Crippen molar-refractivity contribution in [2.24, 2.45) is 5.92 Å². The van der Waals surface area contributed by atoms with Crippen LogP contribution in [0.4, 0.5) is 0 Å². The number of Topliss-reactive ketones (excluding diaryl/α,β-unsaturated/α-hetero) is 1. The van der Waals surface area contributed by atoms with Gasteiger partial charge in [-0.25, -0.2) is 4.79 Å². The van der Waals surface area contributed by atoms with E-state index in [4.69, 9.17) is 16.0 Å². The number of aromatic nitrogens is 1. The fraction of sp³-hybridized carbons (Fsp3) is 0.286. The number of hydrogen-bond donors (Lipinski definition) is 1. The fourth-order valence-electron chi connectivity index (χ4n) is 3.61. The Morgan fingerprint density at radius 3 is 2.54 bits per heavy atom. The molecular weight excluding hydrogens is 380 g/mol. The number of rotatable bonds is 4. The topological polar surface area (TPSA) is 83.4 Å². The molecule has 144 valence electrons. The summed E-state index contributed by atoms with van der Waals surface area (Å²) in [4.78, 5) is 41.0. The van der Waals surface area contributed by atoms with Gasteiger partial charge in [0.25, 0.3) is 0 Å². The molecule has 1 amide bonds. The van der Waals surface area contributed by atoms with Crippen LogP contribution in [0.1, 0.15) is 28.8 Å². The second-order valence-corrected chi connectivity index (χ2v) is 7.48. The van der Waals surface area contributed by atoms with E-state index in [9.17, 15) is 14.4 Å². The second-order valence-electron chi connectivity index (χ2n) is 7.05. The summed E-state index contributed by atoms with van der Waals surface area (Å²) in [6.07, 6.45) is 1.58. The number of aromatic amines is 1. The standard InChI is InChI=1S/C21H19ClN2O4/c22-16-4-1-13(2-5-16)11-19(25)24-9-7-14(8-10-24)20(26)15-3-6-17-18(12-15)28-21(27)23-17/h1-6,12,14H,7-11H2,(H,23,27). The highest BCUT2D eigenvalue weighted by Crippen LogP contribution is 2.24. The average Bonchev–Trinajstić information content (AvgIpc) is 3.08. The normalized spacial score (nSPS) is 15.1. The lowest BCUT2D eigenvalue weighted by atomic mass is 9.88. The number of oxazole rings is 1. The zero-order valence-electron chi connectivity index (χ0n) is 15.1. The minimum absolute atomic E-state index is 0.0237. The van der Waals surface area contributed by atoms with Gasteiger partial charge >= 0.3 is 5.76 Å². The van der Waals surface area contributed by atoms with Crippen molar-refractivity contribution >= 4 is 34.4 Å². The zero-order chi connectivity index (χ0) is 19.7. The Balaban J connectivity index is 1.37. The maximum absolute atomic E-state index is 12.8. The minimum Gasteiger partial charge on any atom is -0.408 e. The first-order valence-electron chi connectivity index (χ1n) is 9.19. The number of carbonyl (C=O) groups is 2. The fourth-order valence-corrected chi connectivity index (χ4v) is 3.74. The van der Waals surface area contributed by atoms with Gasteiger partial charge in [-0.2, -0.15) is 0 Å². The molecule has 0 saturated carbocycles. The summed E-state index contributed by atoms with van der Waals surface area (Å²) in [6, 6.07) is 12.2. The molecule has 1 aliphatic heterocycles. The van der Waals surface area contributed by atoms with Crippen molar-refractivity contribution in [1.82, 2.24) is 9.88 Å². The van der Waals surface area contributed by atoms with E-state index >= 15 is 0 Å². The minimum atomic E-state index is -0.535. The molecule has 28 heavy (non-hydrogen) atoms. The highest BCUT2D eigenvalue weighted by atomic mass is 35.5. The van der Waals surface area contributed by atoms with E-state index in [-0.39, 0.29) is 17.6 Å². The van der Waals surface area contributed by atoms with Crippen molar-refractivity contribution in [3.05, 3.63) is 69.2 Å². The van der Waals surface area contributed by atoms with Crippen LogP contribution in [0, 0.1) is 5.92 Å². The second kappa shape index (κ2) is 7.64. The maximum Gasteiger partial charge on any atom is 0.417 e. The molecule has 0 radical (unpaired) electrons. The number of nitrogens with zero attached hydrogens (tertiary/aromatic N) is 1. The smallest absolute Gasteiger partial charge is 0.408 e. The van der Waals surface area contributed by atoms with Gasteiger partial charge in [0.15, 0.2) is 11.4 Å². The van der Waals surface area contributed by atoms with E-state index in [0.717, 1.165) is 5.56 Å².